The Hall–Kier alpha value is -3.16. The van der Waals surface area contributed by atoms with Crippen LogP contribution in [0.2, 0.25) is 0 Å². The van der Waals surface area contributed by atoms with E-state index in [0.29, 0.717) is 0 Å². The van der Waals surface area contributed by atoms with Crippen LogP contribution < -0.4 is 10.1 Å². The van der Waals surface area contributed by atoms with Crippen LogP contribution in [0.5, 0.6) is 5.75 Å². The van der Waals surface area contributed by atoms with Crippen molar-refractivity contribution < 1.29 is 4.74 Å². The van der Waals surface area contributed by atoms with E-state index >= 15 is 0 Å². The predicted molar refractivity (Wildman–Crippen MR) is 144 cm³/mol. The quantitative estimate of drug-likeness (QED) is 0.309. The molecule has 1 N–H and O–H groups in total. The van der Waals surface area contributed by atoms with Crippen molar-refractivity contribution in [3.05, 3.63) is 100 Å². The van der Waals surface area contributed by atoms with Crippen molar-refractivity contribution in [3.63, 3.8) is 0 Å². The lowest BCUT2D eigenvalue weighted by Crippen LogP contribution is -2.32. The lowest BCUT2D eigenvalue weighted by atomic mass is 9.84. The lowest BCUT2D eigenvalue weighted by Gasteiger charge is -2.39. The summed E-state index contributed by atoms with van der Waals surface area (Å²) < 4.78 is 8.78. The van der Waals surface area contributed by atoms with Crippen LogP contribution in [0.3, 0.4) is 0 Å². The molecule has 6 rings (SSSR count). The van der Waals surface area contributed by atoms with Crippen LogP contribution in [-0.4, -0.2) is 27.3 Å². The standard InChI is InChI=1S/C28H26N4OS2/c1-16-5-8-18(9-6-16)25-23-24(29-27-30-28(35-4)31-32(25)27)21-15-17(2)7-14-22(21)33-26(23)19-10-12-20(34-3)13-11-19/h5-15,25-26H,1-4H3,(H,29,30,31)/t25-,26+/m1/s1. The first kappa shape index (κ1) is 22.3. The van der Waals surface area contributed by atoms with Crippen molar-refractivity contribution in [2.24, 2.45) is 0 Å². The van der Waals surface area contributed by atoms with Crippen molar-refractivity contribution in [2.75, 3.05) is 17.8 Å². The maximum atomic E-state index is 6.77. The van der Waals surface area contributed by atoms with Crippen LogP contribution in [0.15, 0.2) is 82.4 Å². The number of anilines is 1. The van der Waals surface area contributed by atoms with Gasteiger partial charge in [-0.3, -0.25) is 0 Å². The number of ether oxygens (including phenoxy) is 1. The predicted octanol–water partition coefficient (Wildman–Crippen LogP) is 6.90. The van der Waals surface area contributed by atoms with Crippen LogP contribution in [0.25, 0.3) is 5.70 Å². The summed E-state index contributed by atoms with van der Waals surface area (Å²) in [5.41, 5.74) is 7.97. The van der Waals surface area contributed by atoms with E-state index in [9.17, 15) is 0 Å². The zero-order chi connectivity index (χ0) is 24.1. The van der Waals surface area contributed by atoms with Gasteiger partial charge < -0.3 is 10.1 Å². The summed E-state index contributed by atoms with van der Waals surface area (Å²) in [5.74, 6) is 1.63. The van der Waals surface area contributed by atoms with Crippen molar-refractivity contribution in [3.8, 4) is 5.75 Å². The minimum absolute atomic E-state index is 0.144. The number of aryl methyl sites for hydroxylation is 2. The first-order valence-electron chi connectivity index (χ1n) is 11.6. The van der Waals surface area contributed by atoms with E-state index in [1.165, 1.54) is 16.0 Å². The Morgan fingerprint density at radius 1 is 0.857 bits per heavy atom. The van der Waals surface area contributed by atoms with E-state index in [1.807, 2.05) is 10.9 Å². The van der Waals surface area contributed by atoms with E-state index in [0.717, 1.165) is 44.8 Å². The van der Waals surface area contributed by atoms with Crippen molar-refractivity contribution in [1.82, 2.24) is 14.8 Å². The molecular formula is C28H26N4OS2. The molecule has 0 saturated carbocycles. The molecule has 0 aliphatic carbocycles. The second kappa shape index (κ2) is 8.81. The van der Waals surface area contributed by atoms with Crippen LogP contribution in [-0.2, 0) is 0 Å². The lowest BCUT2D eigenvalue weighted by molar-refractivity contribution is 0.223. The van der Waals surface area contributed by atoms with Crippen molar-refractivity contribution >= 4 is 35.2 Å². The van der Waals surface area contributed by atoms with E-state index < -0.39 is 0 Å². The highest BCUT2D eigenvalue weighted by Crippen LogP contribution is 2.51. The summed E-state index contributed by atoms with van der Waals surface area (Å²) >= 11 is 3.29. The summed E-state index contributed by atoms with van der Waals surface area (Å²) in [6.45, 7) is 4.23. The summed E-state index contributed by atoms with van der Waals surface area (Å²) in [4.78, 5) is 6.03. The molecule has 0 radical (unpaired) electrons. The van der Waals surface area contributed by atoms with Crippen LogP contribution in [0.4, 0.5) is 5.95 Å². The number of thioether (sulfide) groups is 2. The summed E-state index contributed by atoms with van der Waals surface area (Å²) in [6.07, 6.45) is 3.84. The Morgan fingerprint density at radius 2 is 1.57 bits per heavy atom. The molecule has 176 valence electrons. The minimum Gasteiger partial charge on any atom is -0.480 e. The molecule has 2 aliphatic rings. The third-order valence-corrected chi connectivity index (χ3v) is 7.88. The van der Waals surface area contributed by atoms with Crippen LogP contribution in [0.1, 0.15) is 40.0 Å². The molecule has 7 heteroatoms. The Labute approximate surface area is 214 Å². The van der Waals surface area contributed by atoms with E-state index in [4.69, 9.17) is 14.8 Å². The summed E-state index contributed by atoms with van der Waals surface area (Å²) in [6, 6.07) is 23.6. The second-order valence-corrected chi connectivity index (χ2v) is 10.6. The molecule has 2 aliphatic heterocycles. The Kier molecular flexibility index (Phi) is 5.61. The van der Waals surface area contributed by atoms with Gasteiger partial charge in [-0.25, -0.2) is 4.68 Å². The fourth-order valence-electron chi connectivity index (χ4n) is 4.83. The number of benzene rings is 3. The molecule has 0 spiro atoms. The Bertz CT molecular complexity index is 1440. The minimum atomic E-state index is -0.259. The molecule has 3 heterocycles. The first-order chi connectivity index (χ1) is 17.1. The number of nitrogens with one attached hydrogen (secondary N) is 1. The van der Waals surface area contributed by atoms with Gasteiger partial charge in [0.05, 0.1) is 5.70 Å². The zero-order valence-electron chi connectivity index (χ0n) is 20.1. The average molecular weight is 499 g/mol. The van der Waals surface area contributed by atoms with Crippen molar-refractivity contribution in [2.45, 2.75) is 36.0 Å². The number of fused-ring (bicyclic) bond motifs is 3. The SMILES string of the molecule is CSc1ccc([C@@H]2Oc3ccc(C)cc3C3=C2[C@@H](c2ccc(C)cc2)n2nc(SC)nc2N3)cc1. The van der Waals surface area contributed by atoms with E-state index in [2.05, 4.69) is 92.2 Å². The molecule has 5 nitrogen and oxygen atoms in total. The largest absolute Gasteiger partial charge is 0.480 e. The molecule has 0 fully saturated rings. The molecule has 3 aromatic carbocycles. The van der Waals surface area contributed by atoms with Gasteiger partial charge in [0.1, 0.15) is 17.9 Å². The molecule has 2 atom stereocenters. The highest BCUT2D eigenvalue weighted by Gasteiger charge is 2.41. The molecular weight excluding hydrogens is 472 g/mol. The number of hydrogen-bond donors (Lipinski definition) is 1. The smallest absolute Gasteiger partial charge is 0.227 e. The molecule has 0 amide bonds. The number of rotatable bonds is 4. The topological polar surface area (TPSA) is 52.0 Å². The average Bonchev–Trinajstić information content (AvgIpc) is 3.31. The maximum Gasteiger partial charge on any atom is 0.227 e. The van der Waals surface area contributed by atoms with Gasteiger partial charge in [0, 0.05) is 16.0 Å². The summed E-state index contributed by atoms with van der Waals surface area (Å²) in [7, 11) is 0. The van der Waals surface area contributed by atoms with Gasteiger partial charge >= 0.3 is 0 Å². The molecule has 0 bridgehead atoms. The second-order valence-electron chi connectivity index (χ2n) is 8.91. The maximum absolute atomic E-state index is 6.77. The van der Waals surface area contributed by atoms with Gasteiger partial charge in [-0.2, -0.15) is 4.98 Å². The highest BCUT2D eigenvalue weighted by molar-refractivity contribution is 7.98. The molecule has 1 aromatic heterocycles. The number of aromatic nitrogens is 3. The fourth-order valence-corrected chi connectivity index (χ4v) is 5.59. The van der Waals surface area contributed by atoms with E-state index in [1.54, 1.807) is 23.5 Å². The fraction of sp³-hybridized carbons (Fsp3) is 0.214. The van der Waals surface area contributed by atoms with Crippen molar-refractivity contribution in [1.29, 1.82) is 0 Å². The Morgan fingerprint density at radius 3 is 2.29 bits per heavy atom. The zero-order valence-corrected chi connectivity index (χ0v) is 21.7. The van der Waals surface area contributed by atoms with Crippen LogP contribution in [0, 0.1) is 13.8 Å². The van der Waals surface area contributed by atoms with Gasteiger partial charge in [-0.05, 0) is 61.8 Å². The normalized spacial score (nSPS) is 18.3. The molecule has 35 heavy (non-hydrogen) atoms. The monoisotopic (exact) mass is 498 g/mol. The first-order valence-corrected chi connectivity index (χ1v) is 14.0. The van der Waals surface area contributed by atoms with Gasteiger partial charge in [-0.1, -0.05) is 65.4 Å². The van der Waals surface area contributed by atoms with E-state index in [-0.39, 0.29) is 12.1 Å². The van der Waals surface area contributed by atoms with Gasteiger partial charge in [0.15, 0.2) is 0 Å². The molecule has 0 saturated heterocycles. The van der Waals surface area contributed by atoms with Gasteiger partial charge in [-0.15, -0.1) is 16.9 Å². The third-order valence-electron chi connectivity index (χ3n) is 6.60. The van der Waals surface area contributed by atoms with Crippen LogP contribution >= 0.6 is 23.5 Å². The Balaban J connectivity index is 1.62. The third kappa shape index (κ3) is 3.83. The summed E-state index contributed by atoms with van der Waals surface area (Å²) in [5, 5.41) is 9.27. The molecule has 4 aromatic rings. The number of hydrogen-bond acceptors (Lipinski definition) is 6. The van der Waals surface area contributed by atoms with Gasteiger partial charge in [0.25, 0.3) is 0 Å². The highest BCUT2D eigenvalue weighted by atomic mass is 32.2. The molecule has 0 unspecified atom stereocenters. The number of nitrogens with zero attached hydrogens (tertiary/aromatic N) is 3. The van der Waals surface area contributed by atoms with Gasteiger partial charge in [0.2, 0.25) is 11.1 Å².